The molecule has 0 aliphatic carbocycles. The number of nitrogens with zero attached hydrogens (tertiary/aromatic N) is 1. The highest BCUT2D eigenvalue weighted by Gasteiger charge is 2.41. The predicted molar refractivity (Wildman–Crippen MR) is 73.2 cm³/mol. The van der Waals surface area contributed by atoms with Crippen LogP contribution in [0.1, 0.15) is 20.8 Å². The van der Waals surface area contributed by atoms with Crippen molar-refractivity contribution in [3.63, 3.8) is 0 Å². The quantitative estimate of drug-likeness (QED) is 0.913. The van der Waals surface area contributed by atoms with Gasteiger partial charge in [-0.05, 0) is 41.8 Å². The number of carbonyl (C=O) groups is 1. The molecule has 4 unspecified atom stereocenters. The van der Waals surface area contributed by atoms with Gasteiger partial charge in [-0.15, -0.1) is 0 Å². The fourth-order valence-electron chi connectivity index (χ4n) is 2.41. The second-order valence-electron chi connectivity index (χ2n) is 4.78. The minimum absolute atomic E-state index is 0.00579. The van der Waals surface area contributed by atoms with Gasteiger partial charge in [0.25, 0.3) is 0 Å². The van der Waals surface area contributed by atoms with E-state index in [-0.39, 0.29) is 30.0 Å². The monoisotopic (exact) mass is 312 g/mol. The van der Waals surface area contributed by atoms with E-state index in [4.69, 9.17) is 4.74 Å². The number of hydrogen-bond acceptors (Lipinski definition) is 3. The van der Waals surface area contributed by atoms with Crippen LogP contribution in [0.3, 0.4) is 0 Å². The van der Waals surface area contributed by atoms with Crippen LogP contribution in [0.4, 0.5) is 5.69 Å². The fourth-order valence-corrected chi connectivity index (χ4v) is 2.76. The Hall–Kier alpha value is -0.940. The van der Waals surface area contributed by atoms with E-state index in [9.17, 15) is 4.79 Å². The molecular formula is C13H17BrN2O2. The molecule has 1 aliphatic rings. The van der Waals surface area contributed by atoms with Gasteiger partial charge in [0.2, 0.25) is 5.91 Å². The van der Waals surface area contributed by atoms with Crippen LogP contribution in [0.5, 0.6) is 0 Å². The number of ether oxygens (including phenoxy) is 1. The average Bonchev–Trinajstić information content (AvgIpc) is 2.56. The Bertz CT molecular complexity index is 452. The van der Waals surface area contributed by atoms with Crippen LogP contribution in [-0.2, 0) is 9.53 Å². The van der Waals surface area contributed by atoms with E-state index in [2.05, 4.69) is 33.2 Å². The smallest absolute Gasteiger partial charge is 0.230 e. The van der Waals surface area contributed by atoms with Crippen LogP contribution in [-0.4, -0.2) is 23.1 Å². The maximum absolute atomic E-state index is 12.3. The zero-order valence-corrected chi connectivity index (χ0v) is 12.3. The van der Waals surface area contributed by atoms with Crippen molar-refractivity contribution in [2.75, 3.05) is 5.32 Å². The highest BCUT2D eigenvalue weighted by molar-refractivity contribution is 9.10. The van der Waals surface area contributed by atoms with Gasteiger partial charge in [-0.1, -0.05) is 6.92 Å². The summed E-state index contributed by atoms with van der Waals surface area (Å²) in [7, 11) is 0. The molecule has 98 valence electrons. The summed E-state index contributed by atoms with van der Waals surface area (Å²) in [6.45, 7) is 6.02. The molecule has 2 heterocycles. The van der Waals surface area contributed by atoms with Gasteiger partial charge >= 0.3 is 0 Å². The summed E-state index contributed by atoms with van der Waals surface area (Å²) in [5, 5.41) is 2.93. The van der Waals surface area contributed by atoms with E-state index < -0.39 is 0 Å². The van der Waals surface area contributed by atoms with Gasteiger partial charge in [0.1, 0.15) is 0 Å². The molecule has 0 radical (unpaired) electrons. The third-order valence-electron chi connectivity index (χ3n) is 3.57. The SMILES string of the molecule is CC1OC(C)C(C(=O)Nc2ccncc2Br)C1C. The Labute approximate surface area is 115 Å². The van der Waals surface area contributed by atoms with Crippen molar-refractivity contribution >= 4 is 27.5 Å². The molecule has 1 saturated heterocycles. The van der Waals surface area contributed by atoms with Crippen molar-refractivity contribution in [1.29, 1.82) is 0 Å². The van der Waals surface area contributed by atoms with Gasteiger partial charge in [0, 0.05) is 12.4 Å². The number of nitrogens with one attached hydrogen (secondary N) is 1. The largest absolute Gasteiger partial charge is 0.374 e. The lowest BCUT2D eigenvalue weighted by Gasteiger charge is -2.18. The van der Waals surface area contributed by atoms with Crippen LogP contribution < -0.4 is 5.32 Å². The molecule has 18 heavy (non-hydrogen) atoms. The first-order valence-electron chi connectivity index (χ1n) is 6.06. The number of carbonyl (C=O) groups excluding carboxylic acids is 1. The van der Waals surface area contributed by atoms with Crippen LogP contribution in [0.15, 0.2) is 22.9 Å². The van der Waals surface area contributed by atoms with E-state index in [1.165, 1.54) is 0 Å². The summed E-state index contributed by atoms with van der Waals surface area (Å²) in [4.78, 5) is 16.3. The molecule has 4 atom stereocenters. The lowest BCUT2D eigenvalue weighted by molar-refractivity contribution is -0.121. The minimum Gasteiger partial charge on any atom is -0.374 e. The van der Waals surface area contributed by atoms with Gasteiger partial charge < -0.3 is 10.1 Å². The van der Waals surface area contributed by atoms with Gasteiger partial charge in [-0.25, -0.2) is 0 Å². The molecule has 0 aromatic carbocycles. The molecule has 0 bridgehead atoms. The number of aromatic nitrogens is 1. The number of anilines is 1. The van der Waals surface area contributed by atoms with E-state index in [0.717, 1.165) is 10.2 Å². The summed E-state index contributed by atoms with van der Waals surface area (Å²) in [6, 6.07) is 1.77. The standard InChI is InChI=1S/C13H17BrN2O2/c1-7-8(2)18-9(3)12(7)13(17)16-11-4-5-15-6-10(11)14/h4-9,12H,1-3H3,(H,15,16,17). The Balaban J connectivity index is 2.11. The van der Waals surface area contributed by atoms with E-state index in [1.54, 1.807) is 18.5 Å². The minimum atomic E-state index is -0.111. The summed E-state index contributed by atoms with van der Waals surface area (Å²) >= 11 is 3.37. The molecule has 1 amide bonds. The maximum Gasteiger partial charge on any atom is 0.230 e. The van der Waals surface area contributed by atoms with E-state index in [1.807, 2.05) is 13.8 Å². The molecule has 0 spiro atoms. The van der Waals surface area contributed by atoms with Crippen molar-refractivity contribution < 1.29 is 9.53 Å². The first kappa shape index (κ1) is 13.5. The number of halogens is 1. The molecule has 1 aromatic rings. The molecule has 0 saturated carbocycles. The topological polar surface area (TPSA) is 51.2 Å². The van der Waals surface area contributed by atoms with Crippen LogP contribution >= 0.6 is 15.9 Å². The van der Waals surface area contributed by atoms with Crippen LogP contribution in [0, 0.1) is 11.8 Å². The number of rotatable bonds is 2. The molecular weight excluding hydrogens is 296 g/mol. The van der Waals surface area contributed by atoms with Crippen molar-refractivity contribution in [3.05, 3.63) is 22.9 Å². The number of amides is 1. The zero-order chi connectivity index (χ0) is 13.3. The van der Waals surface area contributed by atoms with Gasteiger partial charge in [-0.2, -0.15) is 0 Å². The second kappa shape index (κ2) is 5.36. The Morgan fingerprint density at radius 3 is 2.67 bits per heavy atom. The summed E-state index contributed by atoms with van der Waals surface area (Å²) in [5.74, 6) is 0.118. The van der Waals surface area contributed by atoms with Crippen molar-refractivity contribution in [3.8, 4) is 0 Å². The van der Waals surface area contributed by atoms with Crippen LogP contribution in [0.2, 0.25) is 0 Å². The van der Waals surface area contributed by atoms with Gasteiger partial charge in [-0.3, -0.25) is 9.78 Å². The Morgan fingerprint density at radius 2 is 2.11 bits per heavy atom. The molecule has 1 N–H and O–H groups in total. The molecule has 4 nitrogen and oxygen atoms in total. The maximum atomic E-state index is 12.3. The number of pyridine rings is 1. The molecule has 1 aliphatic heterocycles. The Morgan fingerprint density at radius 1 is 1.39 bits per heavy atom. The third kappa shape index (κ3) is 2.57. The van der Waals surface area contributed by atoms with E-state index >= 15 is 0 Å². The summed E-state index contributed by atoms with van der Waals surface area (Å²) in [5.41, 5.74) is 0.744. The lowest BCUT2D eigenvalue weighted by atomic mass is 9.89. The Kier molecular flexibility index (Phi) is 4.02. The molecule has 1 fully saturated rings. The van der Waals surface area contributed by atoms with Crippen molar-refractivity contribution in [2.45, 2.75) is 33.0 Å². The van der Waals surface area contributed by atoms with Crippen molar-refractivity contribution in [1.82, 2.24) is 4.98 Å². The summed E-state index contributed by atoms with van der Waals surface area (Å²) in [6.07, 6.45) is 3.39. The molecule has 2 rings (SSSR count). The van der Waals surface area contributed by atoms with E-state index in [0.29, 0.717) is 0 Å². The van der Waals surface area contributed by atoms with Crippen molar-refractivity contribution in [2.24, 2.45) is 11.8 Å². The highest BCUT2D eigenvalue weighted by atomic mass is 79.9. The summed E-state index contributed by atoms with van der Waals surface area (Å²) < 4.78 is 6.47. The average molecular weight is 313 g/mol. The second-order valence-corrected chi connectivity index (χ2v) is 5.63. The number of hydrogen-bond donors (Lipinski definition) is 1. The van der Waals surface area contributed by atoms with Crippen LogP contribution in [0.25, 0.3) is 0 Å². The van der Waals surface area contributed by atoms with Gasteiger partial charge in [0.15, 0.2) is 0 Å². The first-order valence-corrected chi connectivity index (χ1v) is 6.86. The molecule has 5 heteroatoms. The van der Waals surface area contributed by atoms with Gasteiger partial charge in [0.05, 0.1) is 28.3 Å². The predicted octanol–water partition coefficient (Wildman–Crippen LogP) is 2.84. The lowest BCUT2D eigenvalue weighted by Crippen LogP contribution is -2.32. The molecule has 1 aromatic heterocycles. The zero-order valence-electron chi connectivity index (χ0n) is 10.7. The first-order chi connectivity index (χ1) is 8.50. The highest BCUT2D eigenvalue weighted by Crippen LogP contribution is 2.33. The fraction of sp³-hybridized carbons (Fsp3) is 0.538. The third-order valence-corrected chi connectivity index (χ3v) is 4.21. The normalized spacial score (nSPS) is 31.3.